The number of pyridine rings is 1. The number of nitrogens with one attached hydrogen (secondary N) is 2. The number of nitrogens with zero attached hydrogens (tertiary/aromatic N) is 1. The highest BCUT2D eigenvalue weighted by molar-refractivity contribution is 5.98. The Bertz CT molecular complexity index is 872. The first-order chi connectivity index (χ1) is 13.6. The van der Waals surface area contributed by atoms with Crippen LogP contribution in [-0.2, 0) is 16.1 Å². The second-order valence-electron chi connectivity index (χ2n) is 6.77. The van der Waals surface area contributed by atoms with Gasteiger partial charge in [0.15, 0.2) is 0 Å². The summed E-state index contributed by atoms with van der Waals surface area (Å²) in [6.07, 6.45) is 4.52. The largest absolute Gasteiger partial charge is 0.368 e. The molecular weight excluding hydrogens is 358 g/mol. The van der Waals surface area contributed by atoms with Gasteiger partial charge < -0.3 is 19.9 Å². The number of ether oxygens (including phenoxy) is 1. The van der Waals surface area contributed by atoms with Crippen molar-refractivity contribution in [3.8, 4) is 0 Å². The van der Waals surface area contributed by atoms with E-state index in [1.54, 1.807) is 41.1 Å². The van der Waals surface area contributed by atoms with Gasteiger partial charge >= 0.3 is 0 Å². The van der Waals surface area contributed by atoms with Gasteiger partial charge in [0.1, 0.15) is 6.10 Å². The number of hydrogen-bond acceptors (Lipinski definition) is 4. The smallest absolute Gasteiger partial charge is 0.253 e. The Balaban J connectivity index is 1.43. The van der Waals surface area contributed by atoms with Crippen molar-refractivity contribution in [2.45, 2.75) is 38.3 Å². The third-order valence-electron chi connectivity index (χ3n) is 4.62. The van der Waals surface area contributed by atoms with Crippen molar-refractivity contribution in [1.29, 1.82) is 0 Å². The Labute approximate surface area is 163 Å². The topological polar surface area (TPSA) is 89.4 Å². The van der Waals surface area contributed by atoms with Crippen LogP contribution in [0.25, 0.3) is 0 Å². The van der Waals surface area contributed by atoms with Crippen molar-refractivity contribution in [1.82, 2.24) is 9.88 Å². The minimum absolute atomic E-state index is 0.0200. The van der Waals surface area contributed by atoms with Crippen LogP contribution >= 0.6 is 0 Å². The summed E-state index contributed by atoms with van der Waals surface area (Å²) in [5.41, 5.74) is 1.05. The van der Waals surface area contributed by atoms with E-state index in [0.29, 0.717) is 30.9 Å². The molecule has 0 saturated carbocycles. The average molecular weight is 383 g/mol. The molecule has 2 aromatic rings. The van der Waals surface area contributed by atoms with E-state index in [0.717, 1.165) is 25.7 Å². The van der Waals surface area contributed by atoms with Crippen LogP contribution in [0.4, 0.5) is 5.69 Å². The maximum absolute atomic E-state index is 12.3. The SMILES string of the molecule is O=C(NCCCCn1ccccc1=O)c1cccc(NC(=O)C2CCCO2)c1. The molecule has 0 aliphatic carbocycles. The minimum Gasteiger partial charge on any atom is -0.368 e. The van der Waals surface area contributed by atoms with E-state index in [-0.39, 0.29) is 17.4 Å². The molecule has 2 heterocycles. The van der Waals surface area contributed by atoms with Gasteiger partial charge in [-0.1, -0.05) is 12.1 Å². The van der Waals surface area contributed by atoms with Gasteiger partial charge in [0.2, 0.25) is 5.56 Å². The van der Waals surface area contributed by atoms with Crippen LogP contribution in [0.2, 0.25) is 0 Å². The Kier molecular flexibility index (Phi) is 6.97. The van der Waals surface area contributed by atoms with Crippen molar-refractivity contribution in [3.63, 3.8) is 0 Å². The number of unbranched alkanes of at least 4 members (excludes halogenated alkanes) is 1. The lowest BCUT2D eigenvalue weighted by molar-refractivity contribution is -0.124. The van der Waals surface area contributed by atoms with Crippen molar-refractivity contribution in [2.24, 2.45) is 0 Å². The van der Waals surface area contributed by atoms with E-state index in [1.165, 1.54) is 6.07 Å². The molecule has 1 atom stereocenters. The predicted octanol–water partition coefficient (Wildman–Crippen LogP) is 2.18. The molecule has 0 spiro atoms. The van der Waals surface area contributed by atoms with Crippen molar-refractivity contribution in [2.75, 3.05) is 18.5 Å². The third kappa shape index (κ3) is 5.53. The normalized spacial score (nSPS) is 15.9. The molecule has 1 aliphatic rings. The Morgan fingerprint density at radius 2 is 2.04 bits per heavy atom. The molecule has 0 radical (unpaired) electrons. The van der Waals surface area contributed by atoms with Gasteiger partial charge in [-0.15, -0.1) is 0 Å². The zero-order valence-electron chi connectivity index (χ0n) is 15.7. The molecule has 1 aliphatic heterocycles. The summed E-state index contributed by atoms with van der Waals surface area (Å²) in [6, 6.07) is 11.9. The number of hydrogen-bond donors (Lipinski definition) is 2. The summed E-state index contributed by atoms with van der Waals surface area (Å²) >= 11 is 0. The average Bonchev–Trinajstić information content (AvgIpc) is 3.24. The van der Waals surface area contributed by atoms with E-state index >= 15 is 0 Å². The van der Waals surface area contributed by atoms with Gasteiger partial charge in [0.25, 0.3) is 11.8 Å². The summed E-state index contributed by atoms with van der Waals surface area (Å²) in [5, 5.41) is 5.67. The standard InChI is InChI=1S/C21H25N3O4/c25-19-10-1-3-12-24(19)13-4-2-11-22-20(26)16-7-5-8-17(15-16)23-21(27)18-9-6-14-28-18/h1,3,5,7-8,10,12,15,18H,2,4,6,9,11,13-14H2,(H,22,26)(H,23,27). The molecule has 3 rings (SSSR count). The fraction of sp³-hybridized carbons (Fsp3) is 0.381. The summed E-state index contributed by atoms with van der Waals surface area (Å²) < 4.78 is 7.02. The van der Waals surface area contributed by atoms with Crippen LogP contribution in [-0.4, -0.2) is 35.6 Å². The van der Waals surface area contributed by atoms with Crippen molar-refractivity contribution < 1.29 is 14.3 Å². The molecule has 1 aromatic heterocycles. The van der Waals surface area contributed by atoms with Crippen LogP contribution in [0.3, 0.4) is 0 Å². The maximum Gasteiger partial charge on any atom is 0.253 e. The highest BCUT2D eigenvalue weighted by atomic mass is 16.5. The Morgan fingerprint density at radius 3 is 2.82 bits per heavy atom. The van der Waals surface area contributed by atoms with E-state index in [1.807, 2.05) is 6.07 Å². The van der Waals surface area contributed by atoms with Gasteiger partial charge in [-0.25, -0.2) is 0 Å². The number of rotatable bonds is 8. The van der Waals surface area contributed by atoms with Crippen LogP contribution < -0.4 is 16.2 Å². The van der Waals surface area contributed by atoms with Gasteiger partial charge in [-0.3, -0.25) is 14.4 Å². The van der Waals surface area contributed by atoms with Crippen molar-refractivity contribution in [3.05, 3.63) is 64.6 Å². The van der Waals surface area contributed by atoms with E-state index < -0.39 is 6.10 Å². The highest BCUT2D eigenvalue weighted by Crippen LogP contribution is 2.16. The first kappa shape index (κ1) is 19.8. The fourth-order valence-corrected chi connectivity index (χ4v) is 3.10. The number of benzene rings is 1. The third-order valence-corrected chi connectivity index (χ3v) is 4.62. The lowest BCUT2D eigenvalue weighted by Crippen LogP contribution is -2.27. The number of aromatic nitrogens is 1. The van der Waals surface area contributed by atoms with Crippen LogP contribution in [0.5, 0.6) is 0 Å². The first-order valence-electron chi connectivity index (χ1n) is 9.60. The first-order valence-corrected chi connectivity index (χ1v) is 9.60. The molecule has 2 amide bonds. The highest BCUT2D eigenvalue weighted by Gasteiger charge is 2.23. The van der Waals surface area contributed by atoms with Gasteiger partial charge in [-0.2, -0.15) is 0 Å². The number of aryl methyl sites for hydroxylation is 1. The molecule has 148 valence electrons. The van der Waals surface area contributed by atoms with Gasteiger partial charge in [-0.05, 0) is 49.9 Å². The number of anilines is 1. The van der Waals surface area contributed by atoms with E-state index in [9.17, 15) is 14.4 Å². The molecule has 0 bridgehead atoms. The molecule has 7 heteroatoms. The molecule has 1 fully saturated rings. The molecule has 1 unspecified atom stereocenters. The molecule has 7 nitrogen and oxygen atoms in total. The molecular formula is C21H25N3O4. The molecule has 1 saturated heterocycles. The summed E-state index contributed by atoms with van der Waals surface area (Å²) in [6.45, 7) is 1.76. The number of carbonyl (C=O) groups is 2. The molecule has 1 aromatic carbocycles. The summed E-state index contributed by atoms with van der Waals surface area (Å²) in [7, 11) is 0. The van der Waals surface area contributed by atoms with Crippen LogP contribution in [0, 0.1) is 0 Å². The van der Waals surface area contributed by atoms with Crippen molar-refractivity contribution >= 4 is 17.5 Å². The second kappa shape index (κ2) is 9.85. The van der Waals surface area contributed by atoms with Crippen LogP contribution in [0.1, 0.15) is 36.0 Å². The predicted molar refractivity (Wildman–Crippen MR) is 106 cm³/mol. The van der Waals surface area contributed by atoms with Gasteiger partial charge in [0.05, 0.1) is 0 Å². The Morgan fingerprint density at radius 1 is 1.14 bits per heavy atom. The number of carbonyl (C=O) groups excluding carboxylic acids is 2. The van der Waals surface area contributed by atoms with E-state index in [4.69, 9.17) is 4.74 Å². The number of amides is 2. The van der Waals surface area contributed by atoms with Crippen LogP contribution in [0.15, 0.2) is 53.5 Å². The zero-order chi connectivity index (χ0) is 19.8. The lowest BCUT2D eigenvalue weighted by Gasteiger charge is -2.11. The minimum atomic E-state index is -0.408. The Hall–Kier alpha value is -2.93. The zero-order valence-corrected chi connectivity index (χ0v) is 15.7. The lowest BCUT2D eigenvalue weighted by atomic mass is 10.1. The van der Waals surface area contributed by atoms with E-state index in [2.05, 4.69) is 10.6 Å². The second-order valence-corrected chi connectivity index (χ2v) is 6.77. The maximum atomic E-state index is 12.3. The molecule has 2 N–H and O–H groups in total. The van der Waals surface area contributed by atoms with Gasteiger partial charge in [0, 0.05) is 43.2 Å². The summed E-state index contributed by atoms with van der Waals surface area (Å²) in [4.78, 5) is 36.1. The summed E-state index contributed by atoms with van der Waals surface area (Å²) in [5.74, 6) is -0.365. The quantitative estimate of drug-likeness (QED) is 0.684. The molecule has 28 heavy (non-hydrogen) atoms. The monoisotopic (exact) mass is 383 g/mol. The fourth-order valence-electron chi connectivity index (χ4n) is 3.10.